The molecule has 0 saturated carbocycles. The van der Waals surface area contributed by atoms with E-state index in [-0.39, 0.29) is 0 Å². The molecular weight excluding hydrogens is 276 g/mol. The van der Waals surface area contributed by atoms with Crippen LogP contribution in [0.3, 0.4) is 0 Å². The van der Waals surface area contributed by atoms with Crippen molar-refractivity contribution in [2.75, 3.05) is 21.3 Å². The minimum Gasteiger partial charge on any atom is -0.331 e. The van der Waals surface area contributed by atoms with Crippen LogP contribution in [-0.4, -0.2) is 27.3 Å². The largest absolute Gasteiger partial charge is 0.331 e. The van der Waals surface area contributed by atoms with Gasteiger partial charge in [0.2, 0.25) is 0 Å². The van der Waals surface area contributed by atoms with E-state index in [1.54, 1.807) is 21.3 Å². The summed E-state index contributed by atoms with van der Waals surface area (Å²) in [5, 5.41) is 0. The third-order valence-corrected chi connectivity index (χ3v) is 4.95. The van der Waals surface area contributed by atoms with Crippen LogP contribution >= 0.6 is 0 Å². The third kappa shape index (κ3) is 6.97. The van der Waals surface area contributed by atoms with Crippen molar-refractivity contribution in [2.45, 2.75) is 91.0 Å². The molecule has 0 aliphatic carbocycles. The Morgan fingerprint density at radius 3 is 1.68 bits per heavy atom. The topological polar surface area (TPSA) is 27.7 Å². The molecule has 0 aromatic carbocycles. The van der Waals surface area contributed by atoms with Gasteiger partial charge in [-0.05, 0) is 18.8 Å². The van der Waals surface area contributed by atoms with Crippen molar-refractivity contribution in [1.82, 2.24) is 0 Å². The van der Waals surface area contributed by atoms with Crippen LogP contribution in [0.4, 0.5) is 0 Å². The molecule has 2 unspecified atom stereocenters. The number of ether oxygens (including phenoxy) is 3. The van der Waals surface area contributed by atoms with Gasteiger partial charge in [0.15, 0.2) is 0 Å². The lowest BCUT2D eigenvalue weighted by molar-refractivity contribution is -0.386. The number of unbranched alkanes of at least 4 members (excludes halogenated alkanes) is 5. The van der Waals surface area contributed by atoms with Crippen LogP contribution in [0, 0.1) is 11.8 Å². The number of rotatable bonds is 15. The van der Waals surface area contributed by atoms with E-state index in [1.807, 2.05) is 0 Å². The maximum atomic E-state index is 5.68. The zero-order valence-corrected chi connectivity index (χ0v) is 16.0. The Labute approximate surface area is 139 Å². The van der Waals surface area contributed by atoms with Gasteiger partial charge >= 0.3 is 0 Å². The van der Waals surface area contributed by atoms with Crippen LogP contribution in [0.5, 0.6) is 0 Å². The lowest BCUT2D eigenvalue weighted by atomic mass is 9.80. The fourth-order valence-electron chi connectivity index (χ4n) is 3.53. The summed E-state index contributed by atoms with van der Waals surface area (Å²) >= 11 is 0. The van der Waals surface area contributed by atoms with Crippen molar-refractivity contribution in [3.8, 4) is 0 Å². The number of hydrogen-bond donors (Lipinski definition) is 0. The van der Waals surface area contributed by atoms with E-state index >= 15 is 0 Å². The first kappa shape index (κ1) is 21.9. The van der Waals surface area contributed by atoms with E-state index in [9.17, 15) is 0 Å². The molecular formula is C19H40O3. The highest BCUT2D eigenvalue weighted by molar-refractivity contribution is 4.78. The second-order valence-corrected chi connectivity index (χ2v) is 6.34. The number of hydrogen-bond acceptors (Lipinski definition) is 3. The summed E-state index contributed by atoms with van der Waals surface area (Å²) in [6.45, 7) is 6.78. The molecule has 0 aromatic rings. The maximum Gasteiger partial charge on any atom is 0.285 e. The van der Waals surface area contributed by atoms with Gasteiger partial charge in [-0.25, -0.2) is 0 Å². The van der Waals surface area contributed by atoms with Gasteiger partial charge in [-0.15, -0.1) is 0 Å². The Morgan fingerprint density at radius 2 is 1.23 bits per heavy atom. The van der Waals surface area contributed by atoms with Crippen molar-refractivity contribution in [1.29, 1.82) is 0 Å². The van der Waals surface area contributed by atoms with Gasteiger partial charge in [-0.3, -0.25) is 0 Å². The summed E-state index contributed by atoms with van der Waals surface area (Å²) in [4.78, 5) is 0. The summed E-state index contributed by atoms with van der Waals surface area (Å²) in [5.74, 6) is -0.00383. The van der Waals surface area contributed by atoms with Crippen LogP contribution in [-0.2, 0) is 14.2 Å². The lowest BCUT2D eigenvalue weighted by Gasteiger charge is -2.40. The quantitative estimate of drug-likeness (QED) is 0.283. The average molecular weight is 317 g/mol. The smallest absolute Gasteiger partial charge is 0.285 e. The molecule has 0 heterocycles. The Bertz CT molecular complexity index is 231. The fourth-order valence-corrected chi connectivity index (χ4v) is 3.53. The maximum absolute atomic E-state index is 5.68. The monoisotopic (exact) mass is 316 g/mol. The Hall–Kier alpha value is -0.120. The van der Waals surface area contributed by atoms with Gasteiger partial charge < -0.3 is 14.2 Å². The van der Waals surface area contributed by atoms with Gasteiger partial charge in [0.1, 0.15) is 0 Å². The number of methoxy groups -OCH3 is 3. The first-order valence-electron chi connectivity index (χ1n) is 9.31. The van der Waals surface area contributed by atoms with Crippen molar-refractivity contribution >= 4 is 0 Å². The Morgan fingerprint density at radius 1 is 0.682 bits per heavy atom. The molecule has 0 aliphatic heterocycles. The predicted molar refractivity (Wildman–Crippen MR) is 93.9 cm³/mol. The van der Waals surface area contributed by atoms with Gasteiger partial charge in [-0.1, -0.05) is 72.1 Å². The van der Waals surface area contributed by atoms with Crippen LogP contribution in [0.15, 0.2) is 0 Å². The van der Waals surface area contributed by atoms with Crippen LogP contribution in [0.2, 0.25) is 0 Å². The van der Waals surface area contributed by atoms with Gasteiger partial charge in [0.25, 0.3) is 5.97 Å². The Balaban J connectivity index is 4.78. The molecule has 0 N–H and O–H groups in total. The predicted octanol–water partition coefficient (Wildman–Crippen LogP) is 5.77. The summed E-state index contributed by atoms with van der Waals surface area (Å²) in [6.07, 6.45) is 12.5. The molecule has 3 nitrogen and oxygen atoms in total. The molecule has 0 radical (unpaired) electrons. The summed E-state index contributed by atoms with van der Waals surface area (Å²) in [6, 6.07) is 0. The molecule has 0 rings (SSSR count). The van der Waals surface area contributed by atoms with Crippen molar-refractivity contribution in [2.24, 2.45) is 11.8 Å². The van der Waals surface area contributed by atoms with E-state index < -0.39 is 5.97 Å². The fraction of sp³-hybridized carbons (Fsp3) is 1.00. The van der Waals surface area contributed by atoms with Gasteiger partial charge in [0, 0.05) is 27.2 Å². The second-order valence-electron chi connectivity index (χ2n) is 6.34. The molecule has 134 valence electrons. The molecule has 0 spiro atoms. The lowest BCUT2D eigenvalue weighted by Crippen LogP contribution is -2.47. The average Bonchev–Trinajstić information content (AvgIpc) is 2.56. The van der Waals surface area contributed by atoms with Crippen LogP contribution < -0.4 is 0 Å². The van der Waals surface area contributed by atoms with E-state index in [1.165, 1.54) is 51.4 Å². The molecule has 22 heavy (non-hydrogen) atoms. The van der Waals surface area contributed by atoms with Crippen molar-refractivity contribution in [3.05, 3.63) is 0 Å². The zero-order valence-electron chi connectivity index (χ0n) is 16.0. The Kier molecular flexibility index (Phi) is 13.3. The van der Waals surface area contributed by atoms with Crippen molar-refractivity contribution in [3.63, 3.8) is 0 Å². The first-order chi connectivity index (χ1) is 10.7. The zero-order chi connectivity index (χ0) is 16.8. The van der Waals surface area contributed by atoms with E-state index in [4.69, 9.17) is 14.2 Å². The van der Waals surface area contributed by atoms with Crippen LogP contribution in [0.25, 0.3) is 0 Å². The van der Waals surface area contributed by atoms with Gasteiger partial charge in [0.05, 0.1) is 0 Å². The molecule has 0 aromatic heterocycles. The molecule has 0 aliphatic rings. The second kappa shape index (κ2) is 13.3. The summed E-state index contributed by atoms with van der Waals surface area (Å²) in [7, 11) is 5.08. The normalized spacial score (nSPS) is 15.0. The first-order valence-corrected chi connectivity index (χ1v) is 9.31. The highest BCUT2D eigenvalue weighted by atomic mass is 16.9. The van der Waals surface area contributed by atoms with E-state index in [0.29, 0.717) is 11.8 Å². The summed E-state index contributed by atoms with van der Waals surface area (Å²) < 4.78 is 17.0. The van der Waals surface area contributed by atoms with Crippen LogP contribution in [0.1, 0.15) is 85.0 Å². The molecule has 0 fully saturated rings. The molecule has 3 heteroatoms. The van der Waals surface area contributed by atoms with E-state index in [0.717, 1.165) is 12.8 Å². The molecule has 0 saturated heterocycles. The highest BCUT2D eigenvalue weighted by Gasteiger charge is 2.43. The van der Waals surface area contributed by atoms with E-state index in [2.05, 4.69) is 20.8 Å². The minimum absolute atomic E-state index is 0.295. The molecule has 0 amide bonds. The minimum atomic E-state index is -0.890. The molecule has 0 bridgehead atoms. The highest BCUT2D eigenvalue weighted by Crippen LogP contribution is 2.38. The standard InChI is InChI=1S/C19H40O3/c1-7-10-12-13-14-15-17(9-3)18(16-11-8-2)19(20-4,21-5)22-6/h17-18H,7-16H2,1-6H3. The van der Waals surface area contributed by atoms with Gasteiger partial charge in [-0.2, -0.15) is 0 Å². The van der Waals surface area contributed by atoms with Crippen molar-refractivity contribution < 1.29 is 14.2 Å². The summed E-state index contributed by atoms with van der Waals surface area (Å²) in [5.41, 5.74) is 0. The molecule has 2 atom stereocenters. The third-order valence-electron chi connectivity index (χ3n) is 4.95. The SMILES string of the molecule is CCCCCCCC(CC)C(CCCC)C(OC)(OC)OC.